The highest BCUT2D eigenvalue weighted by Gasteiger charge is 2.24. The number of pyridine rings is 2. The Labute approximate surface area is 202 Å². The van der Waals surface area contributed by atoms with E-state index in [2.05, 4.69) is 113 Å². The fourth-order valence-corrected chi connectivity index (χ4v) is 5.70. The summed E-state index contributed by atoms with van der Waals surface area (Å²) in [5.41, 5.74) is 10.6. The number of benzene rings is 4. The van der Waals surface area contributed by atoms with Crippen molar-refractivity contribution in [2.75, 3.05) is 0 Å². The average Bonchev–Trinajstić information content (AvgIpc) is 3.43. The molecule has 0 amide bonds. The zero-order chi connectivity index (χ0) is 22.9. The van der Waals surface area contributed by atoms with Crippen molar-refractivity contribution in [3.63, 3.8) is 0 Å². The van der Waals surface area contributed by atoms with Crippen molar-refractivity contribution in [3.8, 4) is 39.2 Å². The third kappa shape index (κ3) is 2.55. The lowest BCUT2D eigenvalue weighted by Crippen LogP contribution is -1.98. The molecule has 3 nitrogen and oxygen atoms in total. The van der Waals surface area contributed by atoms with E-state index in [1.807, 2.05) is 12.4 Å². The minimum absolute atomic E-state index is 0.938. The van der Waals surface area contributed by atoms with E-state index in [-0.39, 0.29) is 0 Å². The van der Waals surface area contributed by atoms with Gasteiger partial charge in [-0.25, -0.2) is 4.98 Å². The van der Waals surface area contributed by atoms with E-state index in [4.69, 9.17) is 4.98 Å². The van der Waals surface area contributed by atoms with Gasteiger partial charge >= 0.3 is 0 Å². The van der Waals surface area contributed by atoms with Crippen LogP contribution in [0, 0.1) is 0 Å². The lowest BCUT2D eigenvalue weighted by atomic mass is 10.0. The molecule has 0 unspecified atom stereocenters. The molecule has 0 radical (unpaired) electrons. The van der Waals surface area contributed by atoms with E-state index >= 15 is 0 Å². The van der Waals surface area contributed by atoms with Crippen LogP contribution in [0.4, 0.5) is 0 Å². The van der Waals surface area contributed by atoms with Gasteiger partial charge in [0.25, 0.3) is 0 Å². The molecule has 1 aliphatic carbocycles. The largest absolute Gasteiger partial charge is 0.294 e. The molecule has 1 aliphatic rings. The van der Waals surface area contributed by atoms with Crippen LogP contribution in [0.2, 0.25) is 0 Å². The number of aromatic nitrogens is 3. The van der Waals surface area contributed by atoms with Gasteiger partial charge in [0.15, 0.2) is 0 Å². The molecule has 0 spiro atoms. The highest BCUT2D eigenvalue weighted by Crippen LogP contribution is 2.47. The Bertz CT molecular complexity index is 1950. The van der Waals surface area contributed by atoms with Gasteiger partial charge in [0.1, 0.15) is 5.82 Å². The van der Waals surface area contributed by atoms with Gasteiger partial charge in [-0.15, -0.1) is 0 Å². The topological polar surface area (TPSA) is 30.7 Å². The minimum atomic E-state index is 0.938. The van der Waals surface area contributed by atoms with Gasteiger partial charge in [-0.2, -0.15) is 0 Å². The molecular weight excluding hydrogens is 426 g/mol. The van der Waals surface area contributed by atoms with Crippen molar-refractivity contribution in [2.24, 2.45) is 0 Å². The van der Waals surface area contributed by atoms with Crippen LogP contribution in [-0.4, -0.2) is 14.5 Å². The molecular formula is C32H19N3. The van der Waals surface area contributed by atoms with Gasteiger partial charge in [-0.1, -0.05) is 66.7 Å². The van der Waals surface area contributed by atoms with Gasteiger partial charge in [-0.3, -0.25) is 9.55 Å². The zero-order valence-corrected chi connectivity index (χ0v) is 18.8. The molecule has 7 aromatic rings. The van der Waals surface area contributed by atoms with Crippen LogP contribution in [0.3, 0.4) is 0 Å². The summed E-state index contributed by atoms with van der Waals surface area (Å²) in [6.45, 7) is 0. The molecule has 3 heterocycles. The fourth-order valence-electron chi connectivity index (χ4n) is 5.70. The van der Waals surface area contributed by atoms with E-state index < -0.39 is 0 Å². The Morgan fingerprint density at radius 3 is 2.34 bits per heavy atom. The van der Waals surface area contributed by atoms with Crippen LogP contribution < -0.4 is 0 Å². The molecule has 0 bridgehead atoms. The number of fused-ring (bicyclic) bond motifs is 6. The molecule has 0 saturated heterocycles. The Hall–Kier alpha value is -4.76. The lowest BCUT2D eigenvalue weighted by molar-refractivity contribution is 1.10. The highest BCUT2D eigenvalue weighted by molar-refractivity contribution is 6.15. The maximum absolute atomic E-state index is 5.19. The number of hydrogen-bond acceptors (Lipinski definition) is 2. The highest BCUT2D eigenvalue weighted by atomic mass is 15.1. The smallest absolute Gasteiger partial charge is 0.138 e. The summed E-state index contributed by atoms with van der Waals surface area (Å²) in [4.78, 5) is 9.57. The number of para-hydroxylation sites is 1. The minimum Gasteiger partial charge on any atom is -0.294 e. The van der Waals surface area contributed by atoms with Crippen LogP contribution >= 0.6 is 0 Å². The molecule has 0 atom stereocenters. The molecule has 8 rings (SSSR count). The Balaban J connectivity index is 1.45. The first kappa shape index (κ1) is 18.6. The van der Waals surface area contributed by atoms with Gasteiger partial charge in [0.05, 0.1) is 16.6 Å². The standard InChI is InChI=1S/C32H19N3/c1-2-7-20(8-3-1)21-13-14-30-25(17-21)23-9-4-5-12-29(23)35(30)31-18-26-22-15-16-33-19-27(22)24-10-6-11-28(34-31)32(24)26/h1-19H. The maximum Gasteiger partial charge on any atom is 0.138 e. The van der Waals surface area contributed by atoms with Crippen molar-refractivity contribution >= 4 is 32.7 Å². The first-order valence-corrected chi connectivity index (χ1v) is 11.8. The number of rotatable bonds is 2. The van der Waals surface area contributed by atoms with Crippen molar-refractivity contribution in [2.45, 2.75) is 0 Å². The van der Waals surface area contributed by atoms with Gasteiger partial charge in [0, 0.05) is 34.1 Å². The first-order chi connectivity index (χ1) is 17.4. The predicted octanol–water partition coefficient (Wildman–Crippen LogP) is 8.04. The molecule has 162 valence electrons. The van der Waals surface area contributed by atoms with E-state index in [0.29, 0.717) is 0 Å². The van der Waals surface area contributed by atoms with E-state index in [0.717, 1.165) is 22.4 Å². The summed E-state index contributed by atoms with van der Waals surface area (Å²) in [7, 11) is 0. The van der Waals surface area contributed by atoms with Crippen LogP contribution in [-0.2, 0) is 0 Å². The quantitative estimate of drug-likeness (QED) is 0.269. The van der Waals surface area contributed by atoms with Gasteiger partial charge < -0.3 is 0 Å². The first-order valence-electron chi connectivity index (χ1n) is 11.8. The Morgan fingerprint density at radius 1 is 0.543 bits per heavy atom. The average molecular weight is 446 g/mol. The van der Waals surface area contributed by atoms with E-state index in [9.17, 15) is 0 Å². The molecule has 3 heteroatoms. The molecule has 0 aliphatic heterocycles. The summed E-state index contributed by atoms with van der Waals surface area (Å²) in [6, 6.07) is 36.7. The van der Waals surface area contributed by atoms with Gasteiger partial charge in [-0.05, 0) is 64.2 Å². The molecule has 35 heavy (non-hydrogen) atoms. The fraction of sp³-hybridized carbons (Fsp3) is 0. The second-order valence-electron chi connectivity index (χ2n) is 9.10. The van der Waals surface area contributed by atoms with Crippen molar-refractivity contribution in [1.82, 2.24) is 14.5 Å². The third-order valence-corrected chi connectivity index (χ3v) is 7.23. The lowest BCUT2D eigenvalue weighted by Gasteiger charge is -2.11. The van der Waals surface area contributed by atoms with Crippen molar-refractivity contribution < 1.29 is 0 Å². The summed E-state index contributed by atoms with van der Waals surface area (Å²) in [6.07, 6.45) is 3.84. The maximum atomic E-state index is 5.19. The van der Waals surface area contributed by atoms with Gasteiger partial charge in [0.2, 0.25) is 0 Å². The normalized spacial score (nSPS) is 12.0. The Kier molecular flexibility index (Phi) is 3.66. The zero-order valence-electron chi connectivity index (χ0n) is 18.8. The SMILES string of the molecule is c1ccc(-c2ccc3c(c2)c2ccccc2n3-c2cc3c4c(cccc4n2)-c2cnccc2-3)cc1. The molecule has 0 N–H and O–H groups in total. The summed E-state index contributed by atoms with van der Waals surface area (Å²) >= 11 is 0. The summed E-state index contributed by atoms with van der Waals surface area (Å²) in [5.74, 6) is 0.938. The summed E-state index contributed by atoms with van der Waals surface area (Å²) < 4.78 is 2.31. The number of nitrogens with zero attached hydrogens (tertiary/aromatic N) is 3. The van der Waals surface area contributed by atoms with Crippen molar-refractivity contribution in [3.05, 3.63) is 116 Å². The Morgan fingerprint density at radius 2 is 1.40 bits per heavy atom. The summed E-state index contributed by atoms with van der Waals surface area (Å²) in [5, 5.41) is 3.68. The third-order valence-electron chi connectivity index (χ3n) is 7.23. The van der Waals surface area contributed by atoms with E-state index in [1.54, 1.807) is 0 Å². The van der Waals surface area contributed by atoms with Crippen LogP contribution in [0.5, 0.6) is 0 Å². The predicted molar refractivity (Wildman–Crippen MR) is 144 cm³/mol. The monoisotopic (exact) mass is 445 g/mol. The molecule has 4 aromatic carbocycles. The van der Waals surface area contributed by atoms with Crippen LogP contribution in [0.15, 0.2) is 116 Å². The second kappa shape index (κ2) is 6.87. The molecule has 0 fully saturated rings. The van der Waals surface area contributed by atoms with Crippen molar-refractivity contribution in [1.29, 1.82) is 0 Å². The van der Waals surface area contributed by atoms with Crippen LogP contribution in [0.1, 0.15) is 0 Å². The van der Waals surface area contributed by atoms with Crippen LogP contribution in [0.25, 0.3) is 71.9 Å². The van der Waals surface area contributed by atoms with E-state index in [1.165, 1.54) is 49.5 Å². The molecule has 0 saturated carbocycles. The molecule has 3 aromatic heterocycles. The number of hydrogen-bond donors (Lipinski definition) is 0. The second-order valence-corrected chi connectivity index (χ2v) is 9.10.